The topological polar surface area (TPSA) is 92.4 Å². The Morgan fingerprint density at radius 2 is 2.00 bits per heavy atom. The predicted octanol–water partition coefficient (Wildman–Crippen LogP) is 1.13. The van der Waals surface area contributed by atoms with Gasteiger partial charge in [-0.1, -0.05) is 38.1 Å². The van der Waals surface area contributed by atoms with Crippen LogP contribution in [0.4, 0.5) is 0 Å². The lowest BCUT2D eigenvalue weighted by molar-refractivity contribution is -0.144. The maximum Gasteiger partial charge on any atom is 0.321 e. The van der Waals surface area contributed by atoms with Gasteiger partial charge in [-0.2, -0.15) is 0 Å². The summed E-state index contributed by atoms with van der Waals surface area (Å²) in [6.45, 7) is 4.38. The Balaban J connectivity index is 2.32. The van der Waals surface area contributed by atoms with E-state index in [4.69, 9.17) is 10.8 Å². The molecule has 0 radical (unpaired) electrons. The molecule has 0 aromatic heterocycles. The van der Waals surface area contributed by atoms with E-state index in [2.05, 4.69) is 5.32 Å². The number of aliphatic carboxylic acids is 1. The maximum atomic E-state index is 12.8. The van der Waals surface area contributed by atoms with Gasteiger partial charge in [-0.15, -0.1) is 0 Å². The summed E-state index contributed by atoms with van der Waals surface area (Å²) >= 11 is 0. The molecule has 0 aliphatic carbocycles. The molecule has 0 fully saturated rings. The van der Waals surface area contributed by atoms with Crippen molar-refractivity contribution in [1.29, 1.82) is 0 Å². The van der Waals surface area contributed by atoms with Crippen molar-refractivity contribution in [3.8, 4) is 0 Å². The zero-order valence-electron chi connectivity index (χ0n) is 12.4. The Morgan fingerprint density at radius 3 is 2.62 bits per heavy atom. The number of ketones is 1. The van der Waals surface area contributed by atoms with E-state index in [1.54, 1.807) is 0 Å². The molecule has 5 nitrogen and oxygen atoms in total. The van der Waals surface area contributed by atoms with Crippen LogP contribution < -0.4 is 11.1 Å². The third-order valence-electron chi connectivity index (χ3n) is 4.11. The third-order valence-corrected chi connectivity index (χ3v) is 4.11. The number of hydrogen-bond acceptors (Lipinski definition) is 4. The maximum absolute atomic E-state index is 12.8. The van der Waals surface area contributed by atoms with Crippen molar-refractivity contribution in [2.45, 2.75) is 32.4 Å². The number of carboxylic acids is 1. The van der Waals surface area contributed by atoms with Crippen molar-refractivity contribution < 1.29 is 14.7 Å². The lowest BCUT2D eigenvalue weighted by Gasteiger charge is -2.31. The molecule has 1 heterocycles. The largest absolute Gasteiger partial charge is 0.480 e. The molecule has 1 aromatic rings. The van der Waals surface area contributed by atoms with Gasteiger partial charge in [-0.25, -0.2) is 0 Å². The van der Waals surface area contributed by atoms with Crippen LogP contribution in [0.15, 0.2) is 24.3 Å². The highest BCUT2D eigenvalue weighted by molar-refractivity contribution is 5.92. The predicted molar refractivity (Wildman–Crippen MR) is 79.8 cm³/mol. The van der Waals surface area contributed by atoms with Gasteiger partial charge in [0.2, 0.25) is 0 Å². The summed E-state index contributed by atoms with van der Waals surface area (Å²) in [5.74, 6) is -2.09. The molecule has 0 amide bonds. The first kappa shape index (κ1) is 15.7. The van der Waals surface area contributed by atoms with Gasteiger partial charge >= 0.3 is 5.97 Å². The Labute approximate surface area is 124 Å². The quantitative estimate of drug-likeness (QED) is 0.756. The Kier molecular flexibility index (Phi) is 4.75. The SMILES string of the molecule is CC(C)C(C(=O)C1NCCc2ccccc21)[C@H](N)C(=O)O. The number of nitrogens with two attached hydrogens (primary N) is 1. The highest BCUT2D eigenvalue weighted by atomic mass is 16.4. The van der Waals surface area contributed by atoms with Crippen LogP contribution >= 0.6 is 0 Å². The third kappa shape index (κ3) is 3.14. The Bertz CT molecular complexity index is 542. The van der Waals surface area contributed by atoms with Crippen LogP contribution in [0.5, 0.6) is 0 Å². The molecule has 21 heavy (non-hydrogen) atoms. The monoisotopic (exact) mass is 290 g/mol. The second-order valence-electron chi connectivity index (χ2n) is 5.87. The summed E-state index contributed by atoms with van der Waals surface area (Å²) < 4.78 is 0. The van der Waals surface area contributed by atoms with E-state index in [9.17, 15) is 9.59 Å². The van der Waals surface area contributed by atoms with Crippen LogP contribution in [0.1, 0.15) is 31.0 Å². The summed E-state index contributed by atoms with van der Waals surface area (Å²) in [5, 5.41) is 12.4. The molecule has 1 aliphatic rings. The smallest absolute Gasteiger partial charge is 0.321 e. The number of carbonyl (C=O) groups excluding carboxylic acids is 1. The fourth-order valence-corrected chi connectivity index (χ4v) is 3.02. The number of hydrogen-bond donors (Lipinski definition) is 3. The van der Waals surface area contributed by atoms with Crippen LogP contribution in [0, 0.1) is 11.8 Å². The summed E-state index contributed by atoms with van der Waals surface area (Å²) in [4.78, 5) is 24.0. The Morgan fingerprint density at radius 1 is 1.33 bits per heavy atom. The normalized spacial score (nSPS) is 20.7. The second kappa shape index (κ2) is 6.37. The van der Waals surface area contributed by atoms with E-state index < -0.39 is 24.0 Å². The molecular formula is C16H22N2O3. The molecular weight excluding hydrogens is 268 g/mol. The van der Waals surface area contributed by atoms with Gasteiger partial charge in [0.25, 0.3) is 0 Å². The summed E-state index contributed by atoms with van der Waals surface area (Å²) in [6.07, 6.45) is 0.872. The van der Waals surface area contributed by atoms with E-state index in [1.807, 2.05) is 38.1 Å². The highest BCUT2D eigenvalue weighted by Gasteiger charge is 2.38. The van der Waals surface area contributed by atoms with E-state index in [1.165, 1.54) is 0 Å². The molecule has 0 bridgehead atoms. The van der Waals surface area contributed by atoms with Gasteiger partial charge in [0.05, 0.1) is 6.04 Å². The van der Waals surface area contributed by atoms with E-state index in [0.717, 1.165) is 17.5 Å². The minimum Gasteiger partial charge on any atom is -0.480 e. The van der Waals surface area contributed by atoms with Gasteiger partial charge in [0, 0.05) is 12.5 Å². The molecule has 0 saturated heterocycles. The summed E-state index contributed by atoms with van der Waals surface area (Å²) in [5.41, 5.74) is 7.82. The number of benzene rings is 1. The van der Waals surface area contributed by atoms with Crippen molar-refractivity contribution in [2.75, 3.05) is 6.54 Å². The van der Waals surface area contributed by atoms with Crippen molar-refractivity contribution >= 4 is 11.8 Å². The van der Waals surface area contributed by atoms with E-state index in [-0.39, 0.29) is 11.7 Å². The van der Waals surface area contributed by atoms with Gasteiger partial charge < -0.3 is 16.2 Å². The standard InChI is InChI=1S/C16H22N2O3/c1-9(2)12(13(17)16(20)21)15(19)14-11-6-4-3-5-10(11)7-8-18-14/h3-6,9,12-14,18H,7-8,17H2,1-2H3,(H,20,21)/t12?,13-,14?/m0/s1. The second-order valence-corrected chi connectivity index (χ2v) is 5.87. The average molecular weight is 290 g/mol. The lowest BCUT2D eigenvalue weighted by Crippen LogP contribution is -2.49. The van der Waals surface area contributed by atoms with Crippen molar-refractivity contribution in [2.24, 2.45) is 17.6 Å². The molecule has 1 aromatic carbocycles. The number of rotatable bonds is 5. The molecule has 0 spiro atoms. The Hall–Kier alpha value is -1.72. The molecule has 2 unspecified atom stereocenters. The van der Waals surface area contributed by atoms with Crippen molar-refractivity contribution in [3.63, 3.8) is 0 Å². The van der Waals surface area contributed by atoms with Crippen molar-refractivity contribution in [1.82, 2.24) is 5.32 Å². The molecule has 3 atom stereocenters. The van der Waals surface area contributed by atoms with Gasteiger partial charge in [0.15, 0.2) is 5.78 Å². The molecule has 1 aliphatic heterocycles. The minimum absolute atomic E-state index is 0.125. The number of carboxylic acid groups (broad SMARTS) is 1. The van der Waals surface area contributed by atoms with Crippen LogP contribution in [0.25, 0.3) is 0 Å². The first-order chi connectivity index (χ1) is 9.93. The molecule has 0 saturated carbocycles. The average Bonchev–Trinajstić information content (AvgIpc) is 2.46. The first-order valence-corrected chi connectivity index (χ1v) is 7.26. The summed E-state index contributed by atoms with van der Waals surface area (Å²) in [7, 11) is 0. The van der Waals surface area contributed by atoms with Crippen LogP contribution in [0.3, 0.4) is 0 Å². The molecule has 2 rings (SSSR count). The van der Waals surface area contributed by atoms with E-state index in [0.29, 0.717) is 6.54 Å². The van der Waals surface area contributed by atoms with Crippen LogP contribution in [-0.2, 0) is 16.0 Å². The van der Waals surface area contributed by atoms with Gasteiger partial charge in [0.1, 0.15) is 6.04 Å². The zero-order valence-corrected chi connectivity index (χ0v) is 12.4. The fraction of sp³-hybridized carbons (Fsp3) is 0.500. The minimum atomic E-state index is -1.17. The number of nitrogens with one attached hydrogen (secondary N) is 1. The first-order valence-electron chi connectivity index (χ1n) is 7.26. The number of Topliss-reactive ketones (excluding diaryl/α,β-unsaturated/α-hetero) is 1. The number of carbonyl (C=O) groups is 2. The fourth-order valence-electron chi connectivity index (χ4n) is 3.02. The zero-order chi connectivity index (χ0) is 15.6. The van der Waals surface area contributed by atoms with Crippen molar-refractivity contribution in [3.05, 3.63) is 35.4 Å². The van der Waals surface area contributed by atoms with Gasteiger partial charge in [-0.3, -0.25) is 9.59 Å². The van der Waals surface area contributed by atoms with E-state index >= 15 is 0 Å². The number of fused-ring (bicyclic) bond motifs is 1. The molecule has 4 N–H and O–H groups in total. The van der Waals surface area contributed by atoms with Gasteiger partial charge in [-0.05, 0) is 23.5 Å². The highest BCUT2D eigenvalue weighted by Crippen LogP contribution is 2.29. The molecule has 5 heteroatoms. The van der Waals surface area contributed by atoms with Crippen LogP contribution in [-0.4, -0.2) is 29.4 Å². The lowest BCUT2D eigenvalue weighted by atomic mass is 9.79. The molecule has 114 valence electrons. The van der Waals surface area contributed by atoms with Crippen LogP contribution in [0.2, 0.25) is 0 Å². The summed E-state index contributed by atoms with van der Waals surface area (Å²) in [6, 6.07) is 6.15.